The minimum absolute atomic E-state index is 0.325. The first-order valence-corrected chi connectivity index (χ1v) is 3.21. The lowest BCUT2D eigenvalue weighted by atomic mass is 10.2. The van der Waals surface area contributed by atoms with Gasteiger partial charge >= 0.3 is 0 Å². The van der Waals surface area contributed by atoms with Gasteiger partial charge in [0.05, 0.1) is 6.04 Å². The molecular formula is C6H13F2NO. The molecule has 0 aliphatic carbocycles. The predicted molar refractivity (Wildman–Crippen MR) is 35.1 cm³/mol. The van der Waals surface area contributed by atoms with Gasteiger partial charge in [0, 0.05) is 13.7 Å². The predicted octanol–water partition coefficient (Wildman–Crippen LogP) is 1.01. The molecule has 0 saturated heterocycles. The van der Waals surface area contributed by atoms with Gasteiger partial charge in [-0.25, -0.2) is 8.78 Å². The summed E-state index contributed by atoms with van der Waals surface area (Å²) < 4.78 is 28.1. The largest absolute Gasteiger partial charge is 0.385 e. The van der Waals surface area contributed by atoms with Crippen LogP contribution in [0.1, 0.15) is 12.8 Å². The Morgan fingerprint density at radius 2 is 2.10 bits per heavy atom. The summed E-state index contributed by atoms with van der Waals surface area (Å²) in [4.78, 5) is 0. The topological polar surface area (TPSA) is 35.2 Å². The Morgan fingerprint density at radius 3 is 2.50 bits per heavy atom. The van der Waals surface area contributed by atoms with Crippen LogP contribution in [0.5, 0.6) is 0 Å². The van der Waals surface area contributed by atoms with E-state index in [2.05, 4.69) is 4.74 Å². The van der Waals surface area contributed by atoms with Gasteiger partial charge < -0.3 is 10.5 Å². The first kappa shape index (κ1) is 9.78. The van der Waals surface area contributed by atoms with Gasteiger partial charge in [-0.2, -0.15) is 0 Å². The van der Waals surface area contributed by atoms with Crippen LogP contribution in [-0.2, 0) is 4.74 Å². The lowest BCUT2D eigenvalue weighted by Gasteiger charge is -2.08. The number of hydrogen-bond acceptors (Lipinski definition) is 2. The van der Waals surface area contributed by atoms with E-state index in [1.807, 2.05) is 0 Å². The van der Waals surface area contributed by atoms with Gasteiger partial charge in [0.25, 0.3) is 6.43 Å². The minimum atomic E-state index is -2.41. The first-order chi connectivity index (χ1) is 4.68. The number of rotatable bonds is 5. The first-order valence-electron chi connectivity index (χ1n) is 3.21. The fourth-order valence-electron chi connectivity index (χ4n) is 0.589. The fourth-order valence-corrected chi connectivity index (χ4v) is 0.589. The molecule has 0 amide bonds. The summed E-state index contributed by atoms with van der Waals surface area (Å²) in [5.41, 5.74) is 5.05. The van der Waals surface area contributed by atoms with Crippen molar-refractivity contribution in [1.82, 2.24) is 0 Å². The fraction of sp³-hybridized carbons (Fsp3) is 1.00. The molecule has 0 bridgehead atoms. The second kappa shape index (κ2) is 5.56. The van der Waals surface area contributed by atoms with Gasteiger partial charge in [0.15, 0.2) is 0 Å². The monoisotopic (exact) mass is 153 g/mol. The van der Waals surface area contributed by atoms with Gasteiger partial charge in [-0.05, 0) is 12.8 Å². The molecule has 0 rings (SSSR count). The van der Waals surface area contributed by atoms with Crippen LogP contribution in [0, 0.1) is 0 Å². The molecule has 0 radical (unpaired) electrons. The zero-order valence-corrected chi connectivity index (χ0v) is 6.02. The smallest absolute Gasteiger partial charge is 0.253 e. The van der Waals surface area contributed by atoms with E-state index in [1.54, 1.807) is 0 Å². The zero-order chi connectivity index (χ0) is 7.98. The molecule has 0 spiro atoms. The summed E-state index contributed by atoms with van der Waals surface area (Å²) in [6.07, 6.45) is -1.48. The van der Waals surface area contributed by atoms with Crippen LogP contribution in [0.3, 0.4) is 0 Å². The summed E-state index contributed by atoms with van der Waals surface area (Å²) in [6.45, 7) is 0.500. The van der Waals surface area contributed by atoms with Crippen molar-refractivity contribution in [3.05, 3.63) is 0 Å². The molecule has 0 aliphatic heterocycles. The van der Waals surface area contributed by atoms with E-state index >= 15 is 0 Å². The van der Waals surface area contributed by atoms with Crippen LogP contribution < -0.4 is 5.73 Å². The van der Waals surface area contributed by atoms with Crippen LogP contribution in [0.4, 0.5) is 8.78 Å². The minimum Gasteiger partial charge on any atom is -0.385 e. The van der Waals surface area contributed by atoms with Crippen molar-refractivity contribution in [2.45, 2.75) is 25.3 Å². The van der Waals surface area contributed by atoms with Crippen molar-refractivity contribution >= 4 is 0 Å². The standard InChI is InChI=1S/C6H13F2NO/c1-10-4-2-3-5(9)6(7)8/h5-6H,2-4,9H2,1H3. The Labute approximate surface area is 59.3 Å². The molecule has 2 N–H and O–H groups in total. The lowest BCUT2D eigenvalue weighted by molar-refractivity contribution is 0.104. The molecule has 1 atom stereocenters. The number of methoxy groups -OCH3 is 1. The molecule has 4 heteroatoms. The number of ether oxygens (including phenoxy) is 1. The average Bonchev–Trinajstić information content (AvgIpc) is 1.88. The summed E-state index contributed by atoms with van der Waals surface area (Å²) in [5.74, 6) is 0. The quantitative estimate of drug-likeness (QED) is 0.598. The molecule has 10 heavy (non-hydrogen) atoms. The normalized spacial score (nSPS) is 14.1. The zero-order valence-electron chi connectivity index (χ0n) is 6.02. The van der Waals surface area contributed by atoms with Crippen molar-refractivity contribution in [2.75, 3.05) is 13.7 Å². The number of halogens is 2. The molecule has 0 aromatic carbocycles. The Bertz CT molecular complexity index is 80.1. The van der Waals surface area contributed by atoms with Crippen LogP contribution >= 0.6 is 0 Å². The maximum Gasteiger partial charge on any atom is 0.253 e. The van der Waals surface area contributed by atoms with Gasteiger partial charge in [-0.1, -0.05) is 0 Å². The van der Waals surface area contributed by atoms with Gasteiger partial charge in [-0.3, -0.25) is 0 Å². The molecule has 0 aromatic rings. The molecule has 0 aliphatic rings. The Kier molecular flexibility index (Phi) is 5.43. The van der Waals surface area contributed by atoms with Crippen molar-refractivity contribution in [3.63, 3.8) is 0 Å². The van der Waals surface area contributed by atoms with Crippen LogP contribution in [0.2, 0.25) is 0 Å². The van der Waals surface area contributed by atoms with Crippen molar-refractivity contribution < 1.29 is 13.5 Å². The maximum absolute atomic E-state index is 11.7. The Morgan fingerprint density at radius 1 is 1.50 bits per heavy atom. The van der Waals surface area contributed by atoms with E-state index in [4.69, 9.17) is 5.73 Å². The van der Waals surface area contributed by atoms with E-state index in [1.165, 1.54) is 7.11 Å². The van der Waals surface area contributed by atoms with Crippen molar-refractivity contribution in [3.8, 4) is 0 Å². The third-order valence-corrected chi connectivity index (χ3v) is 1.21. The average molecular weight is 153 g/mol. The maximum atomic E-state index is 11.7. The lowest BCUT2D eigenvalue weighted by Crippen LogP contribution is -2.28. The molecule has 62 valence electrons. The highest BCUT2D eigenvalue weighted by molar-refractivity contribution is 4.62. The highest BCUT2D eigenvalue weighted by Gasteiger charge is 2.13. The van der Waals surface area contributed by atoms with E-state index in [9.17, 15) is 8.78 Å². The van der Waals surface area contributed by atoms with Gasteiger partial charge in [0.1, 0.15) is 0 Å². The van der Waals surface area contributed by atoms with Crippen LogP contribution in [-0.4, -0.2) is 26.2 Å². The van der Waals surface area contributed by atoms with Crippen molar-refractivity contribution in [1.29, 1.82) is 0 Å². The summed E-state index contributed by atoms with van der Waals surface area (Å²) >= 11 is 0. The Balaban J connectivity index is 3.13. The Hall–Kier alpha value is -0.220. The van der Waals surface area contributed by atoms with Crippen LogP contribution in [0.15, 0.2) is 0 Å². The van der Waals surface area contributed by atoms with Gasteiger partial charge in [0.2, 0.25) is 0 Å². The van der Waals surface area contributed by atoms with Crippen molar-refractivity contribution in [2.24, 2.45) is 5.73 Å². The molecule has 2 nitrogen and oxygen atoms in total. The number of alkyl halides is 2. The van der Waals surface area contributed by atoms with Crippen LogP contribution in [0.25, 0.3) is 0 Å². The number of hydrogen-bond donors (Lipinski definition) is 1. The molecule has 0 heterocycles. The van der Waals surface area contributed by atoms with E-state index in [0.29, 0.717) is 19.4 Å². The summed E-state index contributed by atoms with van der Waals surface area (Å²) in [6, 6.07) is -0.991. The van der Waals surface area contributed by atoms with E-state index in [0.717, 1.165) is 0 Å². The third-order valence-electron chi connectivity index (χ3n) is 1.21. The summed E-state index contributed by atoms with van der Waals surface area (Å²) in [5, 5.41) is 0. The van der Waals surface area contributed by atoms with Gasteiger partial charge in [-0.15, -0.1) is 0 Å². The highest BCUT2D eigenvalue weighted by Crippen LogP contribution is 2.04. The molecule has 0 aromatic heterocycles. The SMILES string of the molecule is COCCCC(N)C(F)F. The second-order valence-corrected chi connectivity index (χ2v) is 2.13. The van der Waals surface area contributed by atoms with E-state index < -0.39 is 12.5 Å². The molecule has 1 unspecified atom stereocenters. The molecule has 0 fully saturated rings. The number of nitrogens with two attached hydrogens (primary N) is 1. The highest BCUT2D eigenvalue weighted by atomic mass is 19.3. The summed E-state index contributed by atoms with van der Waals surface area (Å²) in [7, 11) is 1.54. The molecule has 0 saturated carbocycles. The third kappa shape index (κ3) is 4.64. The van der Waals surface area contributed by atoms with E-state index in [-0.39, 0.29) is 0 Å². The molecular weight excluding hydrogens is 140 g/mol. The second-order valence-electron chi connectivity index (χ2n) is 2.13.